The second-order valence-electron chi connectivity index (χ2n) is 10.0. The Morgan fingerprint density at radius 2 is 1.84 bits per heavy atom. The SMILES string of the molecule is N#Cc1cccc(-c2cccc(-n3ncc4c(=O)n(CC5(O)CCN(C(=O)C6CC6)CC5)cnc43)c2)c1. The molecule has 6 rings (SSSR count). The molecule has 0 radical (unpaired) electrons. The van der Waals surface area contributed by atoms with E-state index < -0.39 is 5.60 Å². The summed E-state index contributed by atoms with van der Waals surface area (Å²) in [5.74, 6) is 0.358. The fourth-order valence-electron chi connectivity index (χ4n) is 5.04. The zero-order valence-corrected chi connectivity index (χ0v) is 20.2. The van der Waals surface area contributed by atoms with Crippen LogP contribution in [0.4, 0.5) is 0 Å². The van der Waals surface area contributed by atoms with Gasteiger partial charge in [0.15, 0.2) is 5.65 Å². The number of nitriles is 1. The minimum Gasteiger partial charge on any atom is -0.388 e. The Morgan fingerprint density at radius 3 is 2.57 bits per heavy atom. The average molecular weight is 495 g/mol. The average Bonchev–Trinajstić information content (AvgIpc) is 3.69. The molecule has 2 aromatic carbocycles. The highest BCUT2D eigenvalue weighted by atomic mass is 16.3. The van der Waals surface area contributed by atoms with E-state index in [1.165, 1.54) is 17.1 Å². The molecule has 4 aromatic rings. The number of fused-ring (bicyclic) bond motifs is 1. The molecule has 2 aliphatic rings. The number of aromatic nitrogens is 4. The maximum Gasteiger partial charge on any atom is 0.264 e. The fraction of sp³-hybridized carbons (Fsp3) is 0.321. The number of hydrogen-bond acceptors (Lipinski definition) is 6. The number of benzene rings is 2. The number of carbonyl (C=O) groups excluding carboxylic acids is 1. The largest absolute Gasteiger partial charge is 0.388 e. The van der Waals surface area contributed by atoms with E-state index in [1.54, 1.807) is 10.7 Å². The Balaban J connectivity index is 1.25. The number of amides is 1. The Labute approximate surface area is 213 Å². The number of aliphatic hydroxyl groups is 1. The number of carbonyl (C=O) groups is 1. The molecule has 37 heavy (non-hydrogen) atoms. The van der Waals surface area contributed by atoms with Crippen LogP contribution in [0.25, 0.3) is 27.8 Å². The monoisotopic (exact) mass is 494 g/mol. The van der Waals surface area contributed by atoms with Crippen LogP contribution in [0.15, 0.2) is 65.8 Å². The van der Waals surface area contributed by atoms with E-state index in [1.807, 2.05) is 47.4 Å². The summed E-state index contributed by atoms with van der Waals surface area (Å²) in [4.78, 5) is 32.0. The summed E-state index contributed by atoms with van der Waals surface area (Å²) in [5.41, 5.74) is 2.25. The molecule has 1 N–H and O–H groups in total. The van der Waals surface area contributed by atoms with Crippen LogP contribution in [0.5, 0.6) is 0 Å². The lowest BCUT2D eigenvalue weighted by molar-refractivity contribution is -0.137. The van der Waals surface area contributed by atoms with Gasteiger partial charge in [-0.25, -0.2) is 9.67 Å². The molecule has 1 aliphatic heterocycles. The van der Waals surface area contributed by atoms with Crippen LogP contribution in [-0.4, -0.2) is 53.9 Å². The first-order valence-electron chi connectivity index (χ1n) is 12.5. The van der Waals surface area contributed by atoms with Crippen LogP contribution >= 0.6 is 0 Å². The highest BCUT2D eigenvalue weighted by molar-refractivity contribution is 5.81. The first kappa shape index (κ1) is 23.1. The summed E-state index contributed by atoms with van der Waals surface area (Å²) in [6.45, 7) is 1.12. The number of hydrogen-bond donors (Lipinski definition) is 1. The van der Waals surface area contributed by atoms with E-state index in [4.69, 9.17) is 0 Å². The number of rotatable bonds is 5. The molecular weight excluding hydrogens is 468 g/mol. The maximum atomic E-state index is 13.3. The van der Waals surface area contributed by atoms with Gasteiger partial charge >= 0.3 is 0 Å². The lowest BCUT2D eigenvalue weighted by Gasteiger charge is -2.38. The molecule has 1 amide bonds. The summed E-state index contributed by atoms with van der Waals surface area (Å²) >= 11 is 0. The van der Waals surface area contributed by atoms with Crippen molar-refractivity contribution >= 4 is 16.9 Å². The number of nitrogens with zero attached hydrogens (tertiary/aromatic N) is 6. The van der Waals surface area contributed by atoms with Gasteiger partial charge in [-0.1, -0.05) is 24.3 Å². The summed E-state index contributed by atoms with van der Waals surface area (Å²) < 4.78 is 3.06. The molecule has 186 valence electrons. The fourth-order valence-corrected chi connectivity index (χ4v) is 5.04. The van der Waals surface area contributed by atoms with Crippen LogP contribution in [0.1, 0.15) is 31.2 Å². The summed E-state index contributed by atoms with van der Waals surface area (Å²) in [7, 11) is 0. The van der Waals surface area contributed by atoms with Gasteiger partial charge in [0.25, 0.3) is 5.56 Å². The molecule has 9 heteroatoms. The Kier molecular flexibility index (Phi) is 5.61. The molecule has 9 nitrogen and oxygen atoms in total. The second kappa shape index (κ2) is 8.98. The summed E-state index contributed by atoms with van der Waals surface area (Å²) in [6, 6.07) is 17.2. The maximum absolute atomic E-state index is 13.3. The van der Waals surface area contributed by atoms with Crippen LogP contribution in [-0.2, 0) is 11.3 Å². The quantitative estimate of drug-likeness (QED) is 0.456. The van der Waals surface area contributed by atoms with E-state index in [9.17, 15) is 20.0 Å². The van der Waals surface area contributed by atoms with Crippen molar-refractivity contribution in [3.63, 3.8) is 0 Å². The highest BCUT2D eigenvalue weighted by Crippen LogP contribution is 2.33. The zero-order chi connectivity index (χ0) is 25.6. The molecule has 0 spiro atoms. The Hall–Kier alpha value is -4.29. The standard InChI is InChI=1S/C28H26N6O3/c29-15-19-3-1-4-21(13-19)22-5-2-6-23(14-22)34-25-24(16-31-34)27(36)33(18-30-25)17-28(37)9-11-32(12-10-28)26(35)20-7-8-20/h1-6,13-14,16,18,20,37H,7-12,17H2. The third-order valence-electron chi connectivity index (χ3n) is 7.37. The van der Waals surface area contributed by atoms with Crippen LogP contribution in [0, 0.1) is 17.2 Å². The van der Waals surface area contributed by atoms with Crippen molar-refractivity contribution in [3.05, 3.63) is 77.0 Å². The van der Waals surface area contributed by atoms with Gasteiger partial charge in [0.1, 0.15) is 11.7 Å². The first-order valence-corrected chi connectivity index (χ1v) is 12.5. The predicted molar refractivity (Wildman–Crippen MR) is 137 cm³/mol. The van der Waals surface area contributed by atoms with Gasteiger partial charge in [0, 0.05) is 19.0 Å². The summed E-state index contributed by atoms with van der Waals surface area (Å²) in [6.07, 6.45) is 5.75. The molecule has 1 saturated carbocycles. The zero-order valence-electron chi connectivity index (χ0n) is 20.2. The van der Waals surface area contributed by atoms with E-state index in [-0.39, 0.29) is 23.9 Å². The van der Waals surface area contributed by atoms with Gasteiger partial charge in [-0.15, -0.1) is 0 Å². The van der Waals surface area contributed by atoms with E-state index >= 15 is 0 Å². The minimum atomic E-state index is -1.07. The Morgan fingerprint density at radius 1 is 1.11 bits per heavy atom. The second-order valence-corrected chi connectivity index (χ2v) is 10.0. The molecule has 2 fully saturated rings. The van der Waals surface area contributed by atoms with Crippen molar-refractivity contribution in [2.75, 3.05) is 13.1 Å². The van der Waals surface area contributed by atoms with E-state index in [0.29, 0.717) is 42.5 Å². The molecule has 0 unspecified atom stereocenters. The normalized spacial score (nSPS) is 17.0. The molecule has 3 heterocycles. The molecule has 2 aromatic heterocycles. The van der Waals surface area contributed by atoms with Gasteiger partial charge in [0.2, 0.25) is 5.91 Å². The lowest BCUT2D eigenvalue weighted by atomic mass is 9.91. The van der Waals surface area contributed by atoms with Gasteiger partial charge in [-0.3, -0.25) is 14.2 Å². The molecule has 1 saturated heterocycles. The van der Waals surface area contributed by atoms with Crippen molar-refractivity contribution in [2.24, 2.45) is 5.92 Å². The lowest BCUT2D eigenvalue weighted by Crippen LogP contribution is -2.50. The predicted octanol–water partition coefficient (Wildman–Crippen LogP) is 2.88. The molecular formula is C28H26N6O3. The third kappa shape index (κ3) is 4.41. The van der Waals surface area contributed by atoms with Crippen molar-refractivity contribution in [3.8, 4) is 22.9 Å². The topological polar surface area (TPSA) is 117 Å². The van der Waals surface area contributed by atoms with Crippen LogP contribution in [0.2, 0.25) is 0 Å². The van der Waals surface area contributed by atoms with Crippen molar-refractivity contribution < 1.29 is 9.90 Å². The Bertz CT molecular complexity index is 1600. The third-order valence-corrected chi connectivity index (χ3v) is 7.37. The number of likely N-dealkylation sites (tertiary alicyclic amines) is 1. The van der Waals surface area contributed by atoms with Gasteiger partial charge < -0.3 is 10.0 Å². The smallest absolute Gasteiger partial charge is 0.264 e. The van der Waals surface area contributed by atoms with E-state index in [2.05, 4.69) is 16.2 Å². The van der Waals surface area contributed by atoms with Crippen molar-refractivity contribution in [1.29, 1.82) is 5.26 Å². The highest BCUT2D eigenvalue weighted by Gasteiger charge is 2.39. The van der Waals surface area contributed by atoms with E-state index in [0.717, 1.165) is 29.7 Å². The van der Waals surface area contributed by atoms with Gasteiger partial charge in [-0.05, 0) is 61.1 Å². The first-order chi connectivity index (χ1) is 17.9. The molecule has 1 aliphatic carbocycles. The molecule has 0 bridgehead atoms. The van der Waals surface area contributed by atoms with Crippen LogP contribution < -0.4 is 5.56 Å². The molecule has 0 atom stereocenters. The van der Waals surface area contributed by atoms with Crippen molar-refractivity contribution in [1.82, 2.24) is 24.2 Å². The van der Waals surface area contributed by atoms with Crippen LogP contribution in [0.3, 0.4) is 0 Å². The van der Waals surface area contributed by atoms with Gasteiger partial charge in [0.05, 0.1) is 35.7 Å². The summed E-state index contributed by atoms with van der Waals surface area (Å²) in [5, 5.41) is 25.2. The van der Waals surface area contributed by atoms with Crippen molar-refractivity contribution in [2.45, 2.75) is 37.8 Å². The van der Waals surface area contributed by atoms with Gasteiger partial charge in [-0.2, -0.15) is 10.4 Å². The number of piperidine rings is 1. The minimum absolute atomic E-state index is 0.121.